The molecule has 0 radical (unpaired) electrons. The van der Waals surface area contributed by atoms with Crippen molar-refractivity contribution in [3.8, 4) is 0 Å². The highest BCUT2D eigenvalue weighted by Gasteiger charge is 2.26. The van der Waals surface area contributed by atoms with E-state index in [1.165, 1.54) is 0 Å². The van der Waals surface area contributed by atoms with Crippen LogP contribution in [0.15, 0.2) is 72.1 Å². The lowest BCUT2D eigenvalue weighted by molar-refractivity contribution is 0.0399. The van der Waals surface area contributed by atoms with E-state index in [1.54, 1.807) is 60.3 Å². The Morgan fingerprint density at radius 2 is 1.32 bits per heavy atom. The average molecular weight is 354 g/mol. The molecule has 2 aromatic carbocycles. The normalized spacial score (nSPS) is 18.7. The number of benzene rings is 2. The maximum Gasteiger partial charge on any atom is 0.338 e. The summed E-state index contributed by atoms with van der Waals surface area (Å²) in [5.74, 6) is -0.653. The molecule has 2 atom stereocenters. The molecule has 0 unspecified atom stereocenters. The SMILES string of the molecule is O=C(OC[C@H]1C=CS[C@@H]1COC(=O)c1ccccc1)c1ccccc1. The fourth-order valence-electron chi connectivity index (χ4n) is 2.44. The summed E-state index contributed by atoms with van der Waals surface area (Å²) < 4.78 is 10.8. The van der Waals surface area contributed by atoms with Crippen molar-refractivity contribution in [2.24, 2.45) is 5.92 Å². The van der Waals surface area contributed by atoms with Crippen molar-refractivity contribution in [2.75, 3.05) is 13.2 Å². The van der Waals surface area contributed by atoms with E-state index in [4.69, 9.17) is 9.47 Å². The monoisotopic (exact) mass is 354 g/mol. The van der Waals surface area contributed by atoms with Crippen LogP contribution in [0.1, 0.15) is 20.7 Å². The molecule has 2 aromatic rings. The summed E-state index contributed by atoms with van der Waals surface area (Å²) in [7, 11) is 0. The van der Waals surface area contributed by atoms with Gasteiger partial charge in [-0.3, -0.25) is 0 Å². The second-order valence-electron chi connectivity index (χ2n) is 5.60. The summed E-state index contributed by atoms with van der Waals surface area (Å²) in [4.78, 5) is 24.0. The maximum absolute atomic E-state index is 12.0. The van der Waals surface area contributed by atoms with Crippen molar-refractivity contribution in [2.45, 2.75) is 5.25 Å². The Hall–Kier alpha value is -2.53. The highest BCUT2D eigenvalue weighted by atomic mass is 32.2. The number of carbonyl (C=O) groups excluding carboxylic acids is 2. The van der Waals surface area contributed by atoms with Crippen LogP contribution in [-0.2, 0) is 9.47 Å². The van der Waals surface area contributed by atoms with Crippen molar-refractivity contribution in [1.29, 1.82) is 0 Å². The first-order valence-electron chi connectivity index (χ1n) is 8.00. The quantitative estimate of drug-likeness (QED) is 0.735. The zero-order chi connectivity index (χ0) is 17.5. The second kappa shape index (κ2) is 8.53. The fraction of sp³-hybridized carbons (Fsp3) is 0.200. The van der Waals surface area contributed by atoms with Gasteiger partial charge in [-0.2, -0.15) is 0 Å². The molecular formula is C20H18O4S. The standard InChI is InChI=1S/C20H18O4S/c21-19(15-7-3-1-4-8-15)23-13-17-11-12-25-18(17)14-24-20(22)16-9-5-2-6-10-16/h1-12,17-18H,13-14H2/t17-,18-/m1/s1. The van der Waals surface area contributed by atoms with E-state index in [-0.39, 0.29) is 36.3 Å². The Labute approximate surface area is 150 Å². The number of rotatable bonds is 6. The van der Waals surface area contributed by atoms with Crippen molar-refractivity contribution in [3.05, 3.63) is 83.3 Å². The predicted molar refractivity (Wildman–Crippen MR) is 97.5 cm³/mol. The number of hydrogen-bond acceptors (Lipinski definition) is 5. The van der Waals surface area contributed by atoms with Gasteiger partial charge in [0.25, 0.3) is 0 Å². The summed E-state index contributed by atoms with van der Waals surface area (Å²) in [5, 5.41) is 2.01. The van der Waals surface area contributed by atoms with Gasteiger partial charge >= 0.3 is 11.9 Å². The van der Waals surface area contributed by atoms with Crippen molar-refractivity contribution < 1.29 is 19.1 Å². The fourth-order valence-corrected chi connectivity index (χ4v) is 3.45. The van der Waals surface area contributed by atoms with E-state index in [9.17, 15) is 9.59 Å². The van der Waals surface area contributed by atoms with E-state index < -0.39 is 0 Å². The number of carbonyl (C=O) groups is 2. The highest BCUT2D eigenvalue weighted by molar-refractivity contribution is 8.03. The van der Waals surface area contributed by atoms with Crippen LogP contribution in [-0.4, -0.2) is 30.4 Å². The number of thioether (sulfide) groups is 1. The Morgan fingerprint density at radius 1 is 0.800 bits per heavy atom. The number of ether oxygens (including phenoxy) is 2. The first-order valence-corrected chi connectivity index (χ1v) is 8.95. The summed E-state index contributed by atoms with van der Waals surface area (Å²) in [6, 6.07) is 17.8. The molecule has 0 fully saturated rings. The molecule has 128 valence electrons. The topological polar surface area (TPSA) is 52.6 Å². The summed E-state index contributed by atoms with van der Waals surface area (Å²) in [5.41, 5.74) is 1.06. The van der Waals surface area contributed by atoms with E-state index in [1.807, 2.05) is 23.6 Å². The second-order valence-corrected chi connectivity index (χ2v) is 6.75. The first-order chi connectivity index (χ1) is 12.2. The molecule has 0 spiro atoms. The Kier molecular flexibility index (Phi) is 5.90. The van der Waals surface area contributed by atoms with Crippen LogP contribution in [0.4, 0.5) is 0 Å². The molecule has 5 heteroatoms. The molecular weight excluding hydrogens is 336 g/mol. The molecule has 0 N–H and O–H groups in total. The Bertz CT molecular complexity index is 743. The molecule has 1 aliphatic rings. The van der Waals surface area contributed by atoms with Gasteiger partial charge in [0.05, 0.1) is 23.0 Å². The van der Waals surface area contributed by atoms with E-state index >= 15 is 0 Å². The average Bonchev–Trinajstić information content (AvgIpc) is 3.13. The summed E-state index contributed by atoms with van der Waals surface area (Å²) in [6.45, 7) is 0.545. The minimum Gasteiger partial charge on any atom is -0.461 e. The van der Waals surface area contributed by atoms with Crippen LogP contribution in [0.25, 0.3) is 0 Å². The molecule has 0 saturated heterocycles. The van der Waals surface area contributed by atoms with Crippen LogP contribution in [0.2, 0.25) is 0 Å². The van der Waals surface area contributed by atoms with Gasteiger partial charge in [-0.05, 0) is 29.7 Å². The van der Waals surface area contributed by atoms with Gasteiger partial charge in [0.2, 0.25) is 0 Å². The van der Waals surface area contributed by atoms with Crippen molar-refractivity contribution >= 4 is 23.7 Å². The third-order valence-corrected chi connectivity index (χ3v) is 5.01. The minimum atomic E-state index is -0.342. The third-order valence-electron chi connectivity index (χ3n) is 3.86. The van der Waals surface area contributed by atoms with E-state index in [0.29, 0.717) is 11.1 Å². The molecule has 0 saturated carbocycles. The van der Waals surface area contributed by atoms with Crippen LogP contribution in [0.3, 0.4) is 0 Å². The van der Waals surface area contributed by atoms with Crippen LogP contribution in [0, 0.1) is 5.92 Å². The van der Waals surface area contributed by atoms with E-state index in [2.05, 4.69) is 0 Å². The molecule has 0 amide bonds. The van der Waals surface area contributed by atoms with Crippen LogP contribution < -0.4 is 0 Å². The molecule has 0 bridgehead atoms. The third kappa shape index (κ3) is 4.73. The lowest BCUT2D eigenvalue weighted by atomic mass is 10.1. The zero-order valence-electron chi connectivity index (χ0n) is 13.5. The maximum atomic E-state index is 12.0. The lowest BCUT2D eigenvalue weighted by Gasteiger charge is -2.18. The predicted octanol–water partition coefficient (Wildman–Crippen LogP) is 3.95. The largest absolute Gasteiger partial charge is 0.461 e. The first kappa shape index (κ1) is 17.3. The van der Waals surface area contributed by atoms with Gasteiger partial charge in [-0.1, -0.05) is 42.5 Å². The number of esters is 2. The van der Waals surface area contributed by atoms with Gasteiger partial charge in [-0.25, -0.2) is 9.59 Å². The summed E-state index contributed by atoms with van der Waals surface area (Å²) >= 11 is 1.59. The molecule has 0 aliphatic carbocycles. The summed E-state index contributed by atoms with van der Waals surface area (Å²) in [6.07, 6.45) is 1.99. The van der Waals surface area contributed by atoms with Gasteiger partial charge in [-0.15, -0.1) is 11.8 Å². The molecule has 4 nitrogen and oxygen atoms in total. The smallest absolute Gasteiger partial charge is 0.338 e. The molecule has 25 heavy (non-hydrogen) atoms. The Balaban J connectivity index is 1.48. The molecule has 1 aliphatic heterocycles. The molecule has 3 rings (SSSR count). The van der Waals surface area contributed by atoms with E-state index in [0.717, 1.165) is 0 Å². The van der Waals surface area contributed by atoms with Gasteiger partial charge in [0.1, 0.15) is 6.61 Å². The van der Waals surface area contributed by atoms with Gasteiger partial charge < -0.3 is 9.47 Å². The van der Waals surface area contributed by atoms with Crippen LogP contribution >= 0.6 is 11.8 Å². The van der Waals surface area contributed by atoms with Crippen LogP contribution in [0.5, 0.6) is 0 Å². The van der Waals surface area contributed by atoms with Crippen molar-refractivity contribution in [3.63, 3.8) is 0 Å². The minimum absolute atomic E-state index is 0.0289. The van der Waals surface area contributed by atoms with Gasteiger partial charge in [0.15, 0.2) is 0 Å². The van der Waals surface area contributed by atoms with Gasteiger partial charge in [0, 0.05) is 5.92 Å². The Morgan fingerprint density at radius 3 is 1.88 bits per heavy atom. The zero-order valence-corrected chi connectivity index (χ0v) is 14.4. The molecule has 1 heterocycles. The highest BCUT2D eigenvalue weighted by Crippen LogP contribution is 2.30. The number of hydrogen-bond donors (Lipinski definition) is 0. The lowest BCUT2D eigenvalue weighted by Crippen LogP contribution is -2.25. The molecule has 0 aromatic heterocycles. The van der Waals surface area contributed by atoms with Crippen molar-refractivity contribution in [1.82, 2.24) is 0 Å².